The molecule has 2 atom stereocenters. The Morgan fingerprint density at radius 2 is 1.83 bits per heavy atom. The summed E-state index contributed by atoms with van der Waals surface area (Å²) < 4.78 is 6.96. The predicted octanol–water partition coefficient (Wildman–Crippen LogP) is 5.92. The molecule has 1 aromatic heterocycles. The Labute approximate surface area is 213 Å². The van der Waals surface area contributed by atoms with Crippen molar-refractivity contribution in [2.75, 3.05) is 17.7 Å². The number of hydrogen-bond donors (Lipinski definition) is 2. The first kappa shape index (κ1) is 23.2. The van der Waals surface area contributed by atoms with E-state index in [2.05, 4.69) is 20.7 Å². The van der Waals surface area contributed by atoms with Gasteiger partial charge in [0, 0.05) is 10.0 Å². The lowest BCUT2D eigenvalue weighted by Crippen LogP contribution is -2.28. The van der Waals surface area contributed by atoms with Crippen LogP contribution in [-0.4, -0.2) is 27.8 Å². The number of halogens is 2. The number of benzene rings is 3. The molecule has 0 aliphatic carbocycles. The summed E-state index contributed by atoms with van der Waals surface area (Å²) in [7, 11) is 1.61. The molecule has 7 nitrogen and oxygen atoms in total. The molecule has 0 spiro atoms. The van der Waals surface area contributed by atoms with Crippen LogP contribution in [0, 0.1) is 0 Å². The molecule has 2 N–H and O–H groups in total. The Balaban J connectivity index is 1.41. The third kappa shape index (κ3) is 5.11. The summed E-state index contributed by atoms with van der Waals surface area (Å²) in [5.41, 5.74) is 2.88. The van der Waals surface area contributed by atoms with Crippen LogP contribution in [0.15, 0.2) is 72.8 Å². The summed E-state index contributed by atoms with van der Waals surface area (Å²) in [6.07, 6.45) is 0.892. The molecular formula is C26H23Cl2N5O2. The summed E-state index contributed by atoms with van der Waals surface area (Å²) in [6, 6.07) is 22.6. The van der Waals surface area contributed by atoms with Crippen LogP contribution >= 0.6 is 23.2 Å². The zero-order chi connectivity index (χ0) is 24.4. The number of aromatic nitrogens is 3. The van der Waals surface area contributed by atoms with Crippen molar-refractivity contribution >= 4 is 41.0 Å². The number of anilines is 2. The number of carbonyl (C=O) groups excluding carboxylic acids is 1. The van der Waals surface area contributed by atoms with Gasteiger partial charge in [-0.25, -0.2) is 4.68 Å². The molecule has 9 heteroatoms. The second-order valence-corrected chi connectivity index (χ2v) is 9.14. The number of carbonyl (C=O) groups is 1. The first-order valence-electron chi connectivity index (χ1n) is 11.2. The van der Waals surface area contributed by atoms with Crippen LogP contribution in [0.5, 0.6) is 5.75 Å². The van der Waals surface area contributed by atoms with Crippen molar-refractivity contribution in [1.29, 1.82) is 0 Å². The van der Waals surface area contributed by atoms with Gasteiger partial charge in [0.05, 0.1) is 25.6 Å². The highest BCUT2D eigenvalue weighted by molar-refractivity contribution is 6.31. The maximum absolute atomic E-state index is 12.7. The van der Waals surface area contributed by atoms with Gasteiger partial charge < -0.3 is 10.1 Å². The van der Waals surface area contributed by atoms with Gasteiger partial charge in [0.1, 0.15) is 5.75 Å². The van der Waals surface area contributed by atoms with Gasteiger partial charge in [-0.1, -0.05) is 65.7 Å². The number of rotatable bonds is 6. The Kier molecular flexibility index (Phi) is 6.61. The third-order valence-electron chi connectivity index (χ3n) is 6.00. The second-order valence-electron chi connectivity index (χ2n) is 8.30. The van der Waals surface area contributed by atoms with Crippen molar-refractivity contribution < 1.29 is 9.53 Å². The largest absolute Gasteiger partial charge is 0.497 e. The highest BCUT2D eigenvalue weighted by atomic mass is 35.5. The van der Waals surface area contributed by atoms with Gasteiger partial charge in [0.2, 0.25) is 11.9 Å². The van der Waals surface area contributed by atoms with E-state index in [4.69, 9.17) is 27.9 Å². The normalized spacial score (nSPS) is 16.8. The van der Waals surface area contributed by atoms with Gasteiger partial charge in [0.25, 0.3) is 5.95 Å². The molecular weight excluding hydrogens is 485 g/mol. The van der Waals surface area contributed by atoms with Crippen molar-refractivity contribution in [2.45, 2.75) is 24.9 Å². The van der Waals surface area contributed by atoms with E-state index >= 15 is 0 Å². The lowest BCUT2D eigenvalue weighted by atomic mass is 9.93. The highest BCUT2D eigenvalue weighted by Crippen LogP contribution is 2.40. The number of nitrogens with zero attached hydrogens (tertiary/aromatic N) is 3. The number of ether oxygens (including phenoxy) is 1. The first-order valence-corrected chi connectivity index (χ1v) is 11.9. The Bertz CT molecular complexity index is 1340. The number of fused-ring (bicyclic) bond motifs is 1. The Morgan fingerprint density at radius 3 is 2.54 bits per heavy atom. The maximum atomic E-state index is 12.7. The molecule has 0 fully saturated rings. The van der Waals surface area contributed by atoms with E-state index in [1.165, 1.54) is 0 Å². The van der Waals surface area contributed by atoms with Crippen LogP contribution in [0.1, 0.15) is 35.2 Å². The molecule has 0 saturated carbocycles. The lowest BCUT2D eigenvalue weighted by Gasteiger charge is -2.32. The number of nitrogens with one attached hydrogen (secondary N) is 2. The summed E-state index contributed by atoms with van der Waals surface area (Å²) in [5, 5.41) is 12.2. The average Bonchev–Trinajstić information content (AvgIpc) is 3.27. The summed E-state index contributed by atoms with van der Waals surface area (Å²) in [4.78, 5) is 17.3. The summed E-state index contributed by atoms with van der Waals surface area (Å²) in [5.74, 6) is 1.33. The Hall–Kier alpha value is -3.55. The molecule has 1 amide bonds. The standard InChI is InChI=1S/C26H23Cl2N5O2/c1-35-19-12-6-16(7-13-19)14-24(34)30-25-31-26-29-22(17-8-10-18(27)11-9-17)15-23(33(26)32-25)20-4-2-3-5-21(20)28/h2-13,22-23H,14-15H2,1H3,(H2,29,30,31,32,34)/t22-,23+/m1/s1. The number of amides is 1. The minimum absolute atomic E-state index is 0.0342. The van der Waals surface area contributed by atoms with Crippen LogP contribution < -0.4 is 15.4 Å². The molecule has 1 aliphatic rings. The third-order valence-corrected chi connectivity index (χ3v) is 6.60. The molecule has 4 aromatic rings. The first-order chi connectivity index (χ1) is 17.0. The molecule has 0 saturated heterocycles. The van der Waals surface area contributed by atoms with Gasteiger partial charge in [-0.3, -0.25) is 10.1 Å². The van der Waals surface area contributed by atoms with E-state index < -0.39 is 0 Å². The van der Waals surface area contributed by atoms with E-state index in [9.17, 15) is 4.79 Å². The molecule has 5 rings (SSSR count). The SMILES string of the molecule is COc1ccc(CC(=O)Nc2nc3n(n2)[C@H](c2ccccc2Cl)C[C@H](c2ccc(Cl)cc2)N3)cc1. The minimum atomic E-state index is -0.207. The number of hydrogen-bond acceptors (Lipinski definition) is 5. The molecule has 0 radical (unpaired) electrons. The fraction of sp³-hybridized carbons (Fsp3) is 0.192. The molecule has 3 aromatic carbocycles. The van der Waals surface area contributed by atoms with Gasteiger partial charge in [-0.15, -0.1) is 5.10 Å². The summed E-state index contributed by atoms with van der Waals surface area (Å²) in [6.45, 7) is 0. The molecule has 2 heterocycles. The van der Waals surface area contributed by atoms with Crippen LogP contribution in [0.2, 0.25) is 10.0 Å². The highest BCUT2D eigenvalue weighted by Gasteiger charge is 2.32. The molecule has 0 bridgehead atoms. The van der Waals surface area contributed by atoms with E-state index in [0.717, 1.165) is 22.4 Å². The van der Waals surface area contributed by atoms with Crippen LogP contribution in [0.4, 0.5) is 11.9 Å². The monoisotopic (exact) mass is 507 g/mol. The maximum Gasteiger partial charge on any atom is 0.250 e. The van der Waals surface area contributed by atoms with Crippen molar-refractivity contribution in [3.05, 3.63) is 99.5 Å². The fourth-order valence-corrected chi connectivity index (χ4v) is 4.63. The molecule has 35 heavy (non-hydrogen) atoms. The van der Waals surface area contributed by atoms with Gasteiger partial charge >= 0.3 is 0 Å². The molecule has 178 valence electrons. The Morgan fingerprint density at radius 1 is 1.09 bits per heavy atom. The van der Waals surface area contributed by atoms with E-state index in [1.54, 1.807) is 11.8 Å². The zero-order valence-corrected chi connectivity index (χ0v) is 20.4. The van der Waals surface area contributed by atoms with Gasteiger partial charge in [-0.05, 0) is 53.4 Å². The van der Waals surface area contributed by atoms with Crippen molar-refractivity contribution in [2.24, 2.45) is 0 Å². The van der Waals surface area contributed by atoms with Crippen molar-refractivity contribution in [3.63, 3.8) is 0 Å². The second kappa shape index (κ2) is 9.98. The quantitative estimate of drug-likeness (QED) is 0.338. The van der Waals surface area contributed by atoms with Crippen molar-refractivity contribution in [1.82, 2.24) is 14.8 Å². The number of methoxy groups -OCH3 is 1. The molecule has 1 aliphatic heterocycles. The predicted molar refractivity (Wildman–Crippen MR) is 137 cm³/mol. The summed E-state index contributed by atoms with van der Waals surface area (Å²) >= 11 is 12.7. The smallest absolute Gasteiger partial charge is 0.250 e. The topological polar surface area (TPSA) is 81.1 Å². The zero-order valence-electron chi connectivity index (χ0n) is 18.9. The minimum Gasteiger partial charge on any atom is -0.497 e. The van der Waals surface area contributed by atoms with Gasteiger partial charge in [-0.2, -0.15) is 4.98 Å². The van der Waals surface area contributed by atoms with E-state index in [-0.39, 0.29) is 30.4 Å². The van der Waals surface area contributed by atoms with Crippen molar-refractivity contribution in [3.8, 4) is 5.75 Å². The molecule has 0 unspecified atom stereocenters. The van der Waals surface area contributed by atoms with Crippen LogP contribution in [0.25, 0.3) is 0 Å². The van der Waals surface area contributed by atoms with Crippen LogP contribution in [0.3, 0.4) is 0 Å². The van der Waals surface area contributed by atoms with E-state index in [1.807, 2.05) is 72.8 Å². The van der Waals surface area contributed by atoms with E-state index in [0.29, 0.717) is 22.4 Å². The fourth-order valence-electron chi connectivity index (χ4n) is 4.25. The lowest BCUT2D eigenvalue weighted by molar-refractivity contribution is -0.115. The average molecular weight is 508 g/mol. The van der Waals surface area contributed by atoms with Crippen LogP contribution in [-0.2, 0) is 11.2 Å². The van der Waals surface area contributed by atoms with Gasteiger partial charge in [0.15, 0.2) is 0 Å².